The van der Waals surface area contributed by atoms with E-state index in [4.69, 9.17) is 4.74 Å². The summed E-state index contributed by atoms with van der Waals surface area (Å²) in [5.74, 6) is 0.407. The Bertz CT molecular complexity index is 823. The molecular weight excluding hydrogens is 324 g/mol. The van der Waals surface area contributed by atoms with Crippen molar-refractivity contribution in [2.45, 2.75) is 43.7 Å². The SMILES string of the molecule is CCc1ccc(OC)c(S(=O)(=O)N(Cc2cccn2C)C2CC2)c1. The monoisotopic (exact) mass is 348 g/mol. The molecule has 0 aliphatic heterocycles. The molecule has 1 aromatic carbocycles. The lowest BCUT2D eigenvalue weighted by Crippen LogP contribution is -2.33. The van der Waals surface area contributed by atoms with Gasteiger partial charge < -0.3 is 9.30 Å². The number of aryl methyl sites for hydroxylation is 2. The highest BCUT2D eigenvalue weighted by atomic mass is 32.2. The molecule has 0 saturated heterocycles. The molecule has 24 heavy (non-hydrogen) atoms. The largest absolute Gasteiger partial charge is 0.495 e. The van der Waals surface area contributed by atoms with Crippen LogP contribution in [0.5, 0.6) is 5.75 Å². The lowest BCUT2D eigenvalue weighted by atomic mass is 10.2. The molecule has 3 rings (SSSR count). The van der Waals surface area contributed by atoms with Crippen LogP contribution in [0.15, 0.2) is 41.4 Å². The molecule has 5 nitrogen and oxygen atoms in total. The summed E-state index contributed by atoms with van der Waals surface area (Å²) < 4.78 is 35.6. The molecule has 1 fully saturated rings. The molecule has 130 valence electrons. The van der Waals surface area contributed by atoms with Gasteiger partial charge in [-0.1, -0.05) is 13.0 Å². The molecule has 1 aliphatic rings. The number of benzene rings is 1. The van der Waals surface area contributed by atoms with Crippen molar-refractivity contribution in [3.8, 4) is 5.75 Å². The highest BCUT2D eigenvalue weighted by molar-refractivity contribution is 7.89. The van der Waals surface area contributed by atoms with Crippen LogP contribution in [-0.2, 0) is 30.0 Å². The van der Waals surface area contributed by atoms with E-state index in [1.807, 2.05) is 42.9 Å². The highest BCUT2D eigenvalue weighted by Crippen LogP contribution is 2.36. The van der Waals surface area contributed by atoms with Gasteiger partial charge in [0.05, 0.1) is 13.7 Å². The summed E-state index contributed by atoms with van der Waals surface area (Å²) in [5.41, 5.74) is 1.97. The Morgan fingerprint density at radius 3 is 2.58 bits per heavy atom. The van der Waals surface area contributed by atoms with Crippen LogP contribution in [-0.4, -0.2) is 30.4 Å². The van der Waals surface area contributed by atoms with Crippen LogP contribution >= 0.6 is 0 Å². The minimum atomic E-state index is -3.61. The van der Waals surface area contributed by atoms with Gasteiger partial charge in [-0.25, -0.2) is 8.42 Å². The zero-order valence-corrected chi connectivity index (χ0v) is 15.2. The van der Waals surface area contributed by atoms with E-state index in [2.05, 4.69) is 0 Å². The number of aromatic nitrogens is 1. The van der Waals surface area contributed by atoms with Crippen molar-refractivity contribution in [3.63, 3.8) is 0 Å². The molecule has 2 aromatic rings. The van der Waals surface area contributed by atoms with Gasteiger partial charge in [0.2, 0.25) is 10.0 Å². The maximum Gasteiger partial charge on any atom is 0.247 e. The topological polar surface area (TPSA) is 51.5 Å². The average molecular weight is 348 g/mol. The normalized spacial score (nSPS) is 15.0. The zero-order chi connectivity index (χ0) is 17.3. The van der Waals surface area contributed by atoms with Crippen molar-refractivity contribution >= 4 is 10.0 Å². The minimum absolute atomic E-state index is 0.0832. The second kappa shape index (κ2) is 6.61. The van der Waals surface area contributed by atoms with Crippen LogP contribution in [0.1, 0.15) is 31.0 Å². The molecule has 0 N–H and O–H groups in total. The Morgan fingerprint density at radius 1 is 1.29 bits per heavy atom. The maximum absolute atomic E-state index is 13.3. The van der Waals surface area contributed by atoms with Crippen molar-refractivity contribution in [3.05, 3.63) is 47.8 Å². The van der Waals surface area contributed by atoms with Gasteiger partial charge in [0.1, 0.15) is 10.6 Å². The standard InChI is InChI=1S/C18H24N2O3S/c1-4-14-7-10-17(23-3)18(12-14)24(21,22)20(15-8-9-15)13-16-6-5-11-19(16)2/h5-7,10-12,15H,4,8-9,13H2,1-3H3. The molecule has 1 saturated carbocycles. The first-order valence-electron chi connectivity index (χ1n) is 8.26. The molecule has 6 heteroatoms. The lowest BCUT2D eigenvalue weighted by Gasteiger charge is -2.23. The van der Waals surface area contributed by atoms with E-state index in [1.165, 1.54) is 7.11 Å². The van der Waals surface area contributed by atoms with Crippen LogP contribution in [0, 0.1) is 0 Å². The Labute approximate surface area is 143 Å². The van der Waals surface area contributed by atoms with Gasteiger partial charge in [0, 0.05) is 25.0 Å². The van der Waals surface area contributed by atoms with Crippen LogP contribution in [0.3, 0.4) is 0 Å². The first kappa shape index (κ1) is 17.0. The second-order valence-corrected chi connectivity index (χ2v) is 8.09. The number of rotatable bonds is 7. The molecule has 0 amide bonds. The minimum Gasteiger partial charge on any atom is -0.495 e. The van der Waals surface area contributed by atoms with Crippen LogP contribution in [0.2, 0.25) is 0 Å². The van der Waals surface area contributed by atoms with Gasteiger partial charge in [-0.15, -0.1) is 0 Å². The van der Waals surface area contributed by atoms with E-state index in [9.17, 15) is 8.42 Å². The smallest absolute Gasteiger partial charge is 0.247 e. The van der Waals surface area contributed by atoms with E-state index in [0.29, 0.717) is 12.3 Å². The molecule has 0 atom stereocenters. The average Bonchev–Trinajstić information content (AvgIpc) is 3.34. The van der Waals surface area contributed by atoms with E-state index >= 15 is 0 Å². The van der Waals surface area contributed by atoms with Gasteiger partial charge in [-0.05, 0) is 49.1 Å². The fourth-order valence-corrected chi connectivity index (χ4v) is 4.73. The number of sulfonamides is 1. The van der Waals surface area contributed by atoms with E-state index in [1.54, 1.807) is 16.4 Å². The number of methoxy groups -OCH3 is 1. The maximum atomic E-state index is 13.3. The van der Waals surface area contributed by atoms with Crippen molar-refractivity contribution < 1.29 is 13.2 Å². The van der Waals surface area contributed by atoms with Gasteiger partial charge in [-0.2, -0.15) is 4.31 Å². The summed E-state index contributed by atoms with van der Waals surface area (Å²) in [5, 5.41) is 0. The molecular formula is C18H24N2O3S. The van der Waals surface area contributed by atoms with E-state index in [0.717, 1.165) is 30.5 Å². The van der Waals surface area contributed by atoms with Gasteiger partial charge in [0.15, 0.2) is 0 Å². The molecule has 0 bridgehead atoms. The predicted molar refractivity (Wildman–Crippen MR) is 93.5 cm³/mol. The fraction of sp³-hybridized carbons (Fsp3) is 0.444. The third-order valence-corrected chi connectivity index (χ3v) is 6.47. The van der Waals surface area contributed by atoms with Crippen LogP contribution in [0.4, 0.5) is 0 Å². The van der Waals surface area contributed by atoms with Gasteiger partial charge in [0.25, 0.3) is 0 Å². The third-order valence-electron chi connectivity index (χ3n) is 4.55. The Morgan fingerprint density at radius 2 is 2.04 bits per heavy atom. The Kier molecular flexibility index (Phi) is 4.69. The first-order valence-corrected chi connectivity index (χ1v) is 9.70. The van der Waals surface area contributed by atoms with Gasteiger partial charge in [-0.3, -0.25) is 0 Å². The quantitative estimate of drug-likeness (QED) is 0.773. The summed E-state index contributed by atoms with van der Waals surface area (Å²) in [6, 6.07) is 9.39. The zero-order valence-electron chi connectivity index (χ0n) is 14.4. The number of hydrogen-bond acceptors (Lipinski definition) is 3. The Hall–Kier alpha value is -1.79. The van der Waals surface area contributed by atoms with E-state index < -0.39 is 10.0 Å². The third kappa shape index (κ3) is 3.21. The molecule has 1 heterocycles. The van der Waals surface area contributed by atoms with Crippen molar-refractivity contribution in [2.75, 3.05) is 7.11 Å². The summed E-state index contributed by atoms with van der Waals surface area (Å²) >= 11 is 0. The molecule has 0 radical (unpaired) electrons. The molecule has 0 unspecified atom stereocenters. The molecule has 1 aromatic heterocycles. The van der Waals surface area contributed by atoms with Gasteiger partial charge >= 0.3 is 0 Å². The van der Waals surface area contributed by atoms with Crippen LogP contribution < -0.4 is 4.74 Å². The predicted octanol–water partition coefficient (Wildman–Crippen LogP) is 2.95. The molecule has 0 spiro atoms. The lowest BCUT2D eigenvalue weighted by molar-refractivity contribution is 0.377. The van der Waals surface area contributed by atoms with Crippen LogP contribution in [0.25, 0.3) is 0 Å². The number of ether oxygens (including phenoxy) is 1. The summed E-state index contributed by atoms with van der Waals surface area (Å²) in [6.07, 6.45) is 4.55. The fourth-order valence-electron chi connectivity index (χ4n) is 2.86. The van der Waals surface area contributed by atoms with Crippen molar-refractivity contribution in [1.29, 1.82) is 0 Å². The first-order chi connectivity index (χ1) is 11.5. The summed E-state index contributed by atoms with van der Waals surface area (Å²) in [7, 11) is -0.163. The second-order valence-electron chi connectivity index (χ2n) is 6.23. The summed E-state index contributed by atoms with van der Waals surface area (Å²) in [4.78, 5) is 0.269. The summed E-state index contributed by atoms with van der Waals surface area (Å²) in [6.45, 7) is 2.40. The number of nitrogens with zero attached hydrogens (tertiary/aromatic N) is 2. The number of hydrogen-bond donors (Lipinski definition) is 0. The van der Waals surface area contributed by atoms with E-state index in [-0.39, 0.29) is 10.9 Å². The molecule has 1 aliphatic carbocycles. The van der Waals surface area contributed by atoms with Crippen molar-refractivity contribution in [2.24, 2.45) is 7.05 Å². The Balaban J connectivity index is 2.02. The van der Waals surface area contributed by atoms with Crippen molar-refractivity contribution in [1.82, 2.24) is 8.87 Å². The highest BCUT2D eigenvalue weighted by Gasteiger charge is 2.39.